The van der Waals surface area contributed by atoms with Gasteiger partial charge in [-0.3, -0.25) is 19.2 Å². The quantitative estimate of drug-likeness (QED) is 0.689. The average molecular weight is 355 g/mol. The normalized spacial score (nSPS) is 23.4. The second-order valence-corrected chi connectivity index (χ2v) is 6.44. The van der Waals surface area contributed by atoms with Crippen molar-refractivity contribution in [2.75, 3.05) is 39.3 Å². The third-order valence-corrected chi connectivity index (χ3v) is 4.59. The maximum Gasteiger partial charge on any atom is 0.323 e. The molecule has 0 aromatic carbocycles. The molecule has 2 rings (SSSR count). The Kier molecular flexibility index (Phi) is 6.35. The first-order valence-electron chi connectivity index (χ1n) is 8.44. The Bertz CT molecular complexity index is 552. The largest absolute Gasteiger partial charge is 0.480 e. The van der Waals surface area contributed by atoms with Crippen molar-refractivity contribution in [3.8, 4) is 0 Å². The highest BCUT2D eigenvalue weighted by atomic mass is 16.5. The van der Waals surface area contributed by atoms with E-state index in [1.165, 1.54) is 18.7 Å². The van der Waals surface area contributed by atoms with Gasteiger partial charge in [0.05, 0.1) is 12.7 Å². The number of ether oxygens (including phenoxy) is 1. The number of carboxylic acids is 1. The van der Waals surface area contributed by atoms with Gasteiger partial charge in [-0.25, -0.2) is 0 Å². The molecular formula is C16H25N3O6. The topological polar surface area (TPSA) is 107 Å². The lowest BCUT2D eigenvalue weighted by molar-refractivity contribution is -0.151. The van der Waals surface area contributed by atoms with Gasteiger partial charge in [0, 0.05) is 40.0 Å². The third kappa shape index (κ3) is 4.91. The van der Waals surface area contributed by atoms with Crippen LogP contribution < -0.4 is 0 Å². The molecule has 2 heterocycles. The maximum atomic E-state index is 12.8. The number of hydrogen-bond donors (Lipinski definition) is 1. The number of carbonyl (C=O) groups is 4. The Balaban J connectivity index is 1.97. The molecule has 2 saturated heterocycles. The van der Waals surface area contributed by atoms with Crippen LogP contribution in [0.5, 0.6) is 0 Å². The molecule has 1 N–H and O–H groups in total. The van der Waals surface area contributed by atoms with Crippen LogP contribution >= 0.6 is 0 Å². The SMILES string of the molecule is CC(=O)N(CC(=O)O)CC1CN(C(=O)C2CCCN2C(C)=O)CCO1. The van der Waals surface area contributed by atoms with Crippen LogP contribution in [0.4, 0.5) is 0 Å². The van der Waals surface area contributed by atoms with Gasteiger partial charge in [0.15, 0.2) is 0 Å². The molecule has 0 aromatic heterocycles. The third-order valence-electron chi connectivity index (χ3n) is 4.59. The average Bonchev–Trinajstić information content (AvgIpc) is 3.03. The first-order chi connectivity index (χ1) is 11.8. The van der Waals surface area contributed by atoms with E-state index in [1.54, 1.807) is 9.80 Å². The highest BCUT2D eigenvalue weighted by molar-refractivity contribution is 5.87. The van der Waals surface area contributed by atoms with Gasteiger partial charge in [-0.15, -0.1) is 0 Å². The van der Waals surface area contributed by atoms with Crippen LogP contribution in [0.2, 0.25) is 0 Å². The van der Waals surface area contributed by atoms with Gasteiger partial charge in [0.2, 0.25) is 17.7 Å². The van der Waals surface area contributed by atoms with E-state index in [2.05, 4.69) is 0 Å². The molecule has 9 heteroatoms. The van der Waals surface area contributed by atoms with E-state index >= 15 is 0 Å². The lowest BCUT2D eigenvalue weighted by Crippen LogP contribution is -2.55. The summed E-state index contributed by atoms with van der Waals surface area (Å²) in [6.45, 7) is 4.11. The lowest BCUT2D eigenvalue weighted by atomic mass is 10.1. The minimum Gasteiger partial charge on any atom is -0.480 e. The molecule has 9 nitrogen and oxygen atoms in total. The number of aliphatic carboxylic acids is 1. The van der Waals surface area contributed by atoms with Gasteiger partial charge < -0.3 is 24.5 Å². The van der Waals surface area contributed by atoms with Crippen LogP contribution in [0.3, 0.4) is 0 Å². The molecular weight excluding hydrogens is 330 g/mol. The lowest BCUT2D eigenvalue weighted by Gasteiger charge is -2.37. The summed E-state index contributed by atoms with van der Waals surface area (Å²) in [5, 5.41) is 8.89. The van der Waals surface area contributed by atoms with Crippen LogP contribution in [0, 0.1) is 0 Å². The Hall–Kier alpha value is -2.16. The number of hydrogen-bond acceptors (Lipinski definition) is 5. The predicted molar refractivity (Wildman–Crippen MR) is 86.6 cm³/mol. The van der Waals surface area contributed by atoms with E-state index in [0.717, 1.165) is 6.42 Å². The van der Waals surface area contributed by atoms with Crippen LogP contribution in [0.25, 0.3) is 0 Å². The molecule has 2 fully saturated rings. The van der Waals surface area contributed by atoms with Gasteiger partial charge in [-0.05, 0) is 12.8 Å². The summed E-state index contributed by atoms with van der Waals surface area (Å²) >= 11 is 0. The van der Waals surface area contributed by atoms with Crippen molar-refractivity contribution < 1.29 is 29.0 Å². The van der Waals surface area contributed by atoms with Crippen molar-refractivity contribution in [3.63, 3.8) is 0 Å². The fourth-order valence-corrected chi connectivity index (χ4v) is 3.35. The predicted octanol–water partition coefficient (Wildman–Crippen LogP) is -0.842. The monoisotopic (exact) mass is 355 g/mol. The summed E-state index contributed by atoms with van der Waals surface area (Å²) in [6, 6.07) is -0.431. The van der Waals surface area contributed by atoms with Gasteiger partial charge in [-0.1, -0.05) is 0 Å². The maximum absolute atomic E-state index is 12.8. The number of carbonyl (C=O) groups excluding carboxylic acids is 3. The number of nitrogens with zero attached hydrogens (tertiary/aromatic N) is 3. The molecule has 0 saturated carbocycles. The van der Waals surface area contributed by atoms with Crippen molar-refractivity contribution in [1.29, 1.82) is 0 Å². The molecule has 2 aliphatic rings. The van der Waals surface area contributed by atoms with E-state index in [1.807, 2.05) is 0 Å². The smallest absolute Gasteiger partial charge is 0.323 e. The molecule has 2 unspecified atom stereocenters. The first-order valence-corrected chi connectivity index (χ1v) is 8.44. The van der Waals surface area contributed by atoms with E-state index in [4.69, 9.17) is 9.84 Å². The molecule has 0 aromatic rings. The van der Waals surface area contributed by atoms with E-state index in [0.29, 0.717) is 26.1 Å². The number of amides is 3. The molecule has 3 amide bonds. The van der Waals surface area contributed by atoms with Crippen LogP contribution in [-0.2, 0) is 23.9 Å². The molecule has 0 radical (unpaired) electrons. The van der Waals surface area contributed by atoms with Crippen molar-refractivity contribution >= 4 is 23.7 Å². The summed E-state index contributed by atoms with van der Waals surface area (Å²) in [4.78, 5) is 51.3. The number of rotatable bonds is 5. The summed E-state index contributed by atoms with van der Waals surface area (Å²) in [5.74, 6) is -1.66. The Labute approximate surface area is 146 Å². The van der Waals surface area contributed by atoms with Crippen LogP contribution in [-0.4, -0.2) is 95.0 Å². The second kappa shape index (κ2) is 8.28. The van der Waals surface area contributed by atoms with Crippen LogP contribution in [0.15, 0.2) is 0 Å². The Morgan fingerprint density at radius 3 is 2.52 bits per heavy atom. The van der Waals surface area contributed by atoms with Crippen molar-refractivity contribution in [3.05, 3.63) is 0 Å². The summed E-state index contributed by atoms with van der Waals surface area (Å²) in [5.41, 5.74) is 0. The van der Waals surface area contributed by atoms with Crippen molar-refractivity contribution in [2.24, 2.45) is 0 Å². The minimum absolute atomic E-state index is 0.103. The minimum atomic E-state index is -1.10. The summed E-state index contributed by atoms with van der Waals surface area (Å²) < 4.78 is 5.60. The summed E-state index contributed by atoms with van der Waals surface area (Å²) in [7, 11) is 0. The fraction of sp³-hybridized carbons (Fsp3) is 0.750. The molecule has 25 heavy (non-hydrogen) atoms. The molecule has 2 atom stereocenters. The Morgan fingerprint density at radius 2 is 1.92 bits per heavy atom. The van der Waals surface area contributed by atoms with Gasteiger partial charge in [0.25, 0.3) is 0 Å². The fourth-order valence-electron chi connectivity index (χ4n) is 3.35. The zero-order valence-corrected chi connectivity index (χ0v) is 14.6. The zero-order valence-electron chi connectivity index (χ0n) is 14.6. The number of morpholine rings is 1. The van der Waals surface area contributed by atoms with Crippen molar-refractivity contribution in [2.45, 2.75) is 38.8 Å². The van der Waals surface area contributed by atoms with E-state index in [-0.39, 0.29) is 30.8 Å². The van der Waals surface area contributed by atoms with E-state index in [9.17, 15) is 19.2 Å². The van der Waals surface area contributed by atoms with Gasteiger partial charge in [0.1, 0.15) is 12.6 Å². The number of likely N-dealkylation sites (tertiary alicyclic amines) is 1. The Morgan fingerprint density at radius 1 is 1.20 bits per heavy atom. The highest BCUT2D eigenvalue weighted by Crippen LogP contribution is 2.21. The van der Waals surface area contributed by atoms with Crippen LogP contribution in [0.1, 0.15) is 26.7 Å². The zero-order chi connectivity index (χ0) is 18.6. The first kappa shape index (κ1) is 19.2. The molecule has 0 aliphatic carbocycles. The second-order valence-electron chi connectivity index (χ2n) is 6.44. The molecule has 0 bridgehead atoms. The molecule has 140 valence electrons. The van der Waals surface area contributed by atoms with E-state index < -0.39 is 24.7 Å². The summed E-state index contributed by atoms with van der Waals surface area (Å²) in [6.07, 6.45) is 1.02. The standard InChI is InChI=1S/C16H25N3O6/c1-11(20)18(10-15(22)23)9-13-8-17(6-7-25-13)16(24)14-4-3-5-19(14)12(2)21/h13-14H,3-10H2,1-2H3,(H,22,23). The molecule has 0 spiro atoms. The highest BCUT2D eigenvalue weighted by Gasteiger charge is 2.37. The van der Waals surface area contributed by atoms with Gasteiger partial charge >= 0.3 is 5.97 Å². The molecule has 2 aliphatic heterocycles. The van der Waals surface area contributed by atoms with Gasteiger partial charge in [-0.2, -0.15) is 0 Å². The van der Waals surface area contributed by atoms with Crippen molar-refractivity contribution in [1.82, 2.24) is 14.7 Å². The number of carboxylic acid groups (broad SMARTS) is 1.